The Labute approximate surface area is 116 Å². The first-order chi connectivity index (χ1) is 9.76. The number of nitrogens with one attached hydrogen (secondary N) is 1. The second-order valence-electron chi connectivity index (χ2n) is 4.03. The zero-order chi connectivity index (χ0) is 15.6. The van der Waals surface area contributed by atoms with Crippen LogP contribution < -0.4 is 10.1 Å². The summed E-state index contributed by atoms with van der Waals surface area (Å²) in [6.45, 7) is 0. The Morgan fingerprint density at radius 1 is 1.38 bits per heavy atom. The summed E-state index contributed by atoms with van der Waals surface area (Å²) in [7, 11) is 1.55. The molecule has 1 amide bonds. The fourth-order valence-electron chi connectivity index (χ4n) is 1.78. The van der Waals surface area contributed by atoms with Crippen molar-refractivity contribution in [1.29, 1.82) is 0 Å². The van der Waals surface area contributed by atoms with Gasteiger partial charge in [-0.2, -0.15) is 5.10 Å². The van der Waals surface area contributed by atoms with Crippen molar-refractivity contribution in [2.45, 2.75) is 6.36 Å². The van der Waals surface area contributed by atoms with Crippen LogP contribution in [0.1, 0.15) is 0 Å². The lowest BCUT2D eigenvalue weighted by Gasteiger charge is -2.14. The van der Waals surface area contributed by atoms with Crippen molar-refractivity contribution in [2.75, 3.05) is 5.32 Å². The smallest absolute Gasteiger partial charge is 0.465 e. The summed E-state index contributed by atoms with van der Waals surface area (Å²) in [5, 5.41) is 14.6. The van der Waals surface area contributed by atoms with E-state index in [1.807, 2.05) is 0 Å². The number of carbonyl (C=O) groups is 1. The SMILES string of the molecule is Cn1nccc1-c1cc(NC(=O)O)ccc1OC(F)(F)F. The highest BCUT2D eigenvalue weighted by Crippen LogP contribution is 2.35. The number of aryl methyl sites for hydroxylation is 1. The summed E-state index contributed by atoms with van der Waals surface area (Å²) < 4.78 is 42.6. The fourth-order valence-corrected chi connectivity index (χ4v) is 1.78. The van der Waals surface area contributed by atoms with Crippen LogP contribution in [0.25, 0.3) is 11.3 Å². The Balaban J connectivity index is 2.50. The van der Waals surface area contributed by atoms with Gasteiger partial charge in [-0.05, 0) is 24.3 Å². The Bertz CT molecular complexity index is 667. The summed E-state index contributed by atoms with van der Waals surface area (Å²) >= 11 is 0. The molecule has 2 aromatic rings. The minimum absolute atomic E-state index is 0.0681. The molecule has 0 radical (unpaired) electrons. The third kappa shape index (κ3) is 3.65. The molecule has 0 saturated heterocycles. The number of alkyl halides is 3. The van der Waals surface area contributed by atoms with E-state index < -0.39 is 18.2 Å². The lowest BCUT2D eigenvalue weighted by molar-refractivity contribution is -0.274. The van der Waals surface area contributed by atoms with Crippen LogP contribution in [0, 0.1) is 0 Å². The summed E-state index contributed by atoms with van der Waals surface area (Å²) in [5.41, 5.74) is 0.537. The van der Waals surface area contributed by atoms with E-state index in [9.17, 15) is 18.0 Å². The number of anilines is 1. The van der Waals surface area contributed by atoms with Gasteiger partial charge in [-0.25, -0.2) is 4.79 Å². The van der Waals surface area contributed by atoms with Crippen molar-refractivity contribution in [1.82, 2.24) is 9.78 Å². The van der Waals surface area contributed by atoms with Gasteiger partial charge in [0.25, 0.3) is 0 Å². The van der Waals surface area contributed by atoms with Gasteiger partial charge in [-0.3, -0.25) is 10.00 Å². The van der Waals surface area contributed by atoms with Gasteiger partial charge in [0.15, 0.2) is 0 Å². The molecule has 2 rings (SSSR count). The quantitative estimate of drug-likeness (QED) is 0.913. The normalized spacial score (nSPS) is 11.2. The van der Waals surface area contributed by atoms with E-state index in [4.69, 9.17) is 5.11 Å². The number of benzene rings is 1. The van der Waals surface area contributed by atoms with E-state index in [-0.39, 0.29) is 11.3 Å². The highest BCUT2D eigenvalue weighted by atomic mass is 19.4. The predicted octanol–water partition coefficient (Wildman–Crippen LogP) is 3.08. The van der Waals surface area contributed by atoms with Gasteiger partial charge < -0.3 is 9.84 Å². The molecule has 0 fully saturated rings. The van der Waals surface area contributed by atoms with Gasteiger partial charge in [0.1, 0.15) is 5.75 Å². The number of carboxylic acid groups (broad SMARTS) is 1. The number of hydrogen-bond acceptors (Lipinski definition) is 3. The number of aromatic nitrogens is 2. The van der Waals surface area contributed by atoms with Crippen LogP contribution in [-0.4, -0.2) is 27.3 Å². The Morgan fingerprint density at radius 2 is 2.10 bits per heavy atom. The fraction of sp³-hybridized carbons (Fsp3) is 0.167. The molecule has 0 aliphatic carbocycles. The largest absolute Gasteiger partial charge is 0.573 e. The second-order valence-corrected chi connectivity index (χ2v) is 4.03. The molecule has 1 aromatic heterocycles. The van der Waals surface area contributed by atoms with Gasteiger partial charge in [0.05, 0.1) is 5.69 Å². The van der Waals surface area contributed by atoms with E-state index in [1.54, 1.807) is 7.05 Å². The molecule has 1 heterocycles. The molecule has 2 N–H and O–H groups in total. The molecule has 21 heavy (non-hydrogen) atoms. The Kier molecular flexibility index (Phi) is 3.74. The lowest BCUT2D eigenvalue weighted by atomic mass is 10.1. The molecule has 9 heteroatoms. The van der Waals surface area contributed by atoms with Crippen molar-refractivity contribution in [3.8, 4) is 17.0 Å². The third-order valence-electron chi connectivity index (χ3n) is 2.55. The van der Waals surface area contributed by atoms with Crippen LogP contribution in [0.15, 0.2) is 30.5 Å². The Hall–Kier alpha value is -2.71. The summed E-state index contributed by atoms with van der Waals surface area (Å²) in [6.07, 6.45) is -4.77. The van der Waals surface area contributed by atoms with Crippen LogP contribution in [0.5, 0.6) is 5.75 Å². The minimum Gasteiger partial charge on any atom is -0.465 e. The molecule has 6 nitrogen and oxygen atoms in total. The van der Waals surface area contributed by atoms with Crippen LogP contribution >= 0.6 is 0 Å². The number of rotatable bonds is 3. The van der Waals surface area contributed by atoms with Crippen LogP contribution in [0.3, 0.4) is 0 Å². The Morgan fingerprint density at radius 3 is 2.62 bits per heavy atom. The minimum atomic E-state index is -4.85. The van der Waals surface area contributed by atoms with Gasteiger partial charge in [0, 0.05) is 24.5 Å². The van der Waals surface area contributed by atoms with Gasteiger partial charge in [-0.1, -0.05) is 0 Å². The van der Waals surface area contributed by atoms with Crippen LogP contribution in [0.4, 0.5) is 23.7 Å². The van der Waals surface area contributed by atoms with E-state index in [2.05, 4.69) is 15.2 Å². The molecule has 0 bridgehead atoms. The first kappa shape index (κ1) is 14.7. The molecule has 0 saturated carbocycles. The molecule has 0 aliphatic rings. The molecular weight excluding hydrogens is 291 g/mol. The van der Waals surface area contributed by atoms with Crippen molar-refractivity contribution in [3.63, 3.8) is 0 Å². The highest BCUT2D eigenvalue weighted by molar-refractivity contribution is 5.85. The predicted molar refractivity (Wildman–Crippen MR) is 67.0 cm³/mol. The maximum atomic E-state index is 12.4. The van der Waals surface area contributed by atoms with Crippen molar-refractivity contribution >= 4 is 11.8 Å². The number of hydrogen-bond donors (Lipinski definition) is 2. The zero-order valence-electron chi connectivity index (χ0n) is 10.7. The topological polar surface area (TPSA) is 76.4 Å². The summed E-state index contributed by atoms with van der Waals surface area (Å²) in [6, 6.07) is 4.95. The molecule has 0 atom stereocenters. The maximum Gasteiger partial charge on any atom is 0.573 e. The van der Waals surface area contributed by atoms with Crippen LogP contribution in [-0.2, 0) is 7.05 Å². The average Bonchev–Trinajstić information content (AvgIpc) is 2.75. The van der Waals surface area contributed by atoms with Gasteiger partial charge in [0.2, 0.25) is 0 Å². The standard InChI is InChI=1S/C12H10F3N3O3/c1-18-9(4-5-16-18)8-6-7(17-11(19)20)2-3-10(8)21-12(13,14)15/h2-6,17H,1H3,(H,19,20). The zero-order valence-corrected chi connectivity index (χ0v) is 10.7. The van der Waals surface area contributed by atoms with Crippen molar-refractivity contribution < 1.29 is 27.8 Å². The van der Waals surface area contributed by atoms with Gasteiger partial charge >= 0.3 is 12.5 Å². The average molecular weight is 301 g/mol. The number of nitrogens with zero attached hydrogens (tertiary/aromatic N) is 2. The molecular formula is C12H10F3N3O3. The maximum absolute atomic E-state index is 12.4. The molecule has 0 aliphatic heterocycles. The summed E-state index contributed by atoms with van der Waals surface area (Å²) in [4.78, 5) is 10.6. The molecule has 1 aromatic carbocycles. The lowest BCUT2D eigenvalue weighted by Crippen LogP contribution is -2.18. The molecule has 112 valence electrons. The highest BCUT2D eigenvalue weighted by Gasteiger charge is 2.32. The van der Waals surface area contributed by atoms with Crippen molar-refractivity contribution in [2.24, 2.45) is 7.05 Å². The van der Waals surface area contributed by atoms with E-state index in [1.165, 1.54) is 29.1 Å². The third-order valence-corrected chi connectivity index (χ3v) is 2.55. The van der Waals surface area contributed by atoms with Crippen molar-refractivity contribution in [3.05, 3.63) is 30.5 Å². The molecule has 0 unspecified atom stereocenters. The van der Waals surface area contributed by atoms with E-state index >= 15 is 0 Å². The first-order valence-corrected chi connectivity index (χ1v) is 5.64. The molecule has 0 spiro atoms. The number of halogens is 3. The summed E-state index contributed by atoms with van der Waals surface area (Å²) in [5.74, 6) is -0.443. The van der Waals surface area contributed by atoms with Crippen LogP contribution in [0.2, 0.25) is 0 Å². The van der Waals surface area contributed by atoms with Gasteiger partial charge in [-0.15, -0.1) is 13.2 Å². The van der Waals surface area contributed by atoms with E-state index in [0.29, 0.717) is 5.69 Å². The van der Waals surface area contributed by atoms with E-state index in [0.717, 1.165) is 6.07 Å². The monoisotopic (exact) mass is 301 g/mol. The first-order valence-electron chi connectivity index (χ1n) is 5.64. The second kappa shape index (κ2) is 5.35. The number of amides is 1. The number of ether oxygens (including phenoxy) is 1.